The smallest absolute Gasteiger partial charge is 0.337 e. The molecule has 0 bridgehead atoms. The van der Waals surface area contributed by atoms with Crippen molar-refractivity contribution in [2.24, 2.45) is 5.41 Å². The van der Waals surface area contributed by atoms with Gasteiger partial charge < -0.3 is 15.2 Å². The van der Waals surface area contributed by atoms with Crippen molar-refractivity contribution in [3.05, 3.63) is 28.8 Å². The number of aromatic carboxylic acids is 1. The van der Waals surface area contributed by atoms with E-state index in [4.69, 9.17) is 21.4 Å². The summed E-state index contributed by atoms with van der Waals surface area (Å²) in [7, 11) is 1.67. The first-order chi connectivity index (χ1) is 8.85. The summed E-state index contributed by atoms with van der Waals surface area (Å²) in [6.07, 6.45) is 0.895. The minimum Gasteiger partial charge on any atom is -0.478 e. The topological polar surface area (TPSA) is 58.6 Å². The zero-order chi connectivity index (χ0) is 14.5. The van der Waals surface area contributed by atoms with Gasteiger partial charge in [-0.25, -0.2) is 4.79 Å². The van der Waals surface area contributed by atoms with Gasteiger partial charge in [0.2, 0.25) is 0 Å². The number of methoxy groups -OCH3 is 1. The Hall–Kier alpha value is -1.26. The van der Waals surface area contributed by atoms with Crippen molar-refractivity contribution >= 4 is 23.3 Å². The predicted octanol–water partition coefficient (Wildman–Crippen LogP) is 3.51. The van der Waals surface area contributed by atoms with Gasteiger partial charge in [-0.05, 0) is 30.0 Å². The molecule has 0 aliphatic carbocycles. The van der Waals surface area contributed by atoms with E-state index in [0.717, 1.165) is 6.42 Å². The highest BCUT2D eigenvalue weighted by molar-refractivity contribution is 6.31. The van der Waals surface area contributed by atoms with E-state index in [0.29, 0.717) is 23.9 Å². The maximum atomic E-state index is 11.2. The van der Waals surface area contributed by atoms with E-state index in [1.165, 1.54) is 6.07 Å². The number of carboxylic acids is 1. The molecule has 106 valence electrons. The monoisotopic (exact) mass is 285 g/mol. The molecule has 0 spiro atoms. The summed E-state index contributed by atoms with van der Waals surface area (Å²) in [5, 5.41) is 12.7. The van der Waals surface area contributed by atoms with Crippen LogP contribution < -0.4 is 5.32 Å². The molecule has 0 amide bonds. The average molecular weight is 286 g/mol. The Labute approximate surface area is 118 Å². The van der Waals surface area contributed by atoms with Crippen molar-refractivity contribution in [3.63, 3.8) is 0 Å². The summed E-state index contributed by atoms with van der Waals surface area (Å²) in [4.78, 5) is 11.2. The molecule has 0 atom stereocenters. The SMILES string of the molecule is COCCC(C)(C)CNc1ccc(Cl)cc1C(=O)O. The number of carboxylic acid groups (broad SMARTS) is 1. The number of hydrogen-bond acceptors (Lipinski definition) is 3. The van der Waals surface area contributed by atoms with Gasteiger partial charge in [-0.15, -0.1) is 0 Å². The molecule has 0 aliphatic rings. The molecule has 0 unspecified atom stereocenters. The van der Waals surface area contributed by atoms with Crippen molar-refractivity contribution in [1.82, 2.24) is 0 Å². The summed E-state index contributed by atoms with van der Waals surface area (Å²) in [6, 6.07) is 4.82. The molecule has 5 heteroatoms. The van der Waals surface area contributed by atoms with E-state index < -0.39 is 5.97 Å². The first kappa shape index (κ1) is 15.8. The number of nitrogens with one attached hydrogen (secondary N) is 1. The summed E-state index contributed by atoms with van der Waals surface area (Å²) in [6.45, 7) is 5.56. The molecule has 0 heterocycles. The summed E-state index contributed by atoms with van der Waals surface area (Å²) in [5.74, 6) is -0.986. The number of anilines is 1. The van der Waals surface area contributed by atoms with Crippen LogP contribution in [0, 0.1) is 5.41 Å². The lowest BCUT2D eigenvalue weighted by molar-refractivity contribution is 0.0697. The lowest BCUT2D eigenvalue weighted by Gasteiger charge is -2.25. The zero-order valence-corrected chi connectivity index (χ0v) is 12.3. The Balaban J connectivity index is 2.75. The fraction of sp³-hybridized carbons (Fsp3) is 0.500. The molecule has 0 aromatic heterocycles. The third kappa shape index (κ3) is 5.09. The quantitative estimate of drug-likeness (QED) is 0.805. The Kier molecular flexibility index (Phi) is 5.63. The van der Waals surface area contributed by atoms with Gasteiger partial charge in [-0.2, -0.15) is 0 Å². The molecule has 1 aromatic carbocycles. The number of benzene rings is 1. The van der Waals surface area contributed by atoms with Crippen LogP contribution >= 0.6 is 11.6 Å². The Bertz CT molecular complexity index is 446. The Morgan fingerprint density at radius 2 is 2.16 bits per heavy atom. The van der Waals surface area contributed by atoms with Crippen LogP contribution in [0.1, 0.15) is 30.6 Å². The first-order valence-corrected chi connectivity index (χ1v) is 6.49. The fourth-order valence-corrected chi connectivity index (χ4v) is 1.82. The highest BCUT2D eigenvalue weighted by atomic mass is 35.5. The van der Waals surface area contributed by atoms with Gasteiger partial charge in [0.15, 0.2) is 0 Å². The summed E-state index contributed by atoms with van der Waals surface area (Å²) in [5.41, 5.74) is 0.795. The van der Waals surface area contributed by atoms with Crippen molar-refractivity contribution in [3.8, 4) is 0 Å². The molecule has 0 saturated heterocycles. The van der Waals surface area contributed by atoms with E-state index in [1.54, 1.807) is 19.2 Å². The number of hydrogen-bond donors (Lipinski definition) is 2. The minimum atomic E-state index is -0.986. The van der Waals surface area contributed by atoms with Gasteiger partial charge in [0, 0.05) is 31.0 Å². The van der Waals surface area contributed by atoms with Gasteiger partial charge in [-0.3, -0.25) is 0 Å². The van der Waals surface area contributed by atoms with Crippen LogP contribution in [0.15, 0.2) is 18.2 Å². The summed E-state index contributed by atoms with van der Waals surface area (Å²) < 4.78 is 5.07. The molecule has 0 aliphatic heterocycles. The lowest BCUT2D eigenvalue weighted by atomic mass is 9.89. The van der Waals surface area contributed by atoms with Crippen LogP contribution in [0.4, 0.5) is 5.69 Å². The molecule has 0 radical (unpaired) electrons. The van der Waals surface area contributed by atoms with Crippen molar-refractivity contribution in [2.45, 2.75) is 20.3 Å². The largest absolute Gasteiger partial charge is 0.478 e. The van der Waals surface area contributed by atoms with Gasteiger partial charge in [0.1, 0.15) is 0 Å². The summed E-state index contributed by atoms with van der Waals surface area (Å²) >= 11 is 5.81. The number of ether oxygens (including phenoxy) is 1. The molecule has 1 rings (SSSR count). The number of halogens is 1. The lowest BCUT2D eigenvalue weighted by Crippen LogP contribution is -2.25. The molecule has 19 heavy (non-hydrogen) atoms. The molecule has 2 N–H and O–H groups in total. The van der Waals surface area contributed by atoms with Gasteiger partial charge in [0.05, 0.1) is 5.56 Å². The third-order valence-electron chi connectivity index (χ3n) is 2.95. The second-order valence-corrected chi connectivity index (χ2v) is 5.69. The van der Waals surface area contributed by atoms with Crippen LogP contribution in [0.2, 0.25) is 5.02 Å². The van der Waals surface area contributed by atoms with Gasteiger partial charge >= 0.3 is 5.97 Å². The van der Waals surface area contributed by atoms with E-state index >= 15 is 0 Å². The van der Waals surface area contributed by atoms with Gasteiger partial charge in [-0.1, -0.05) is 25.4 Å². The molecule has 1 aromatic rings. The maximum Gasteiger partial charge on any atom is 0.337 e. The van der Waals surface area contributed by atoms with E-state index in [9.17, 15) is 4.79 Å². The van der Waals surface area contributed by atoms with E-state index in [-0.39, 0.29) is 11.0 Å². The van der Waals surface area contributed by atoms with E-state index in [2.05, 4.69) is 19.2 Å². The first-order valence-electron chi connectivity index (χ1n) is 6.11. The average Bonchev–Trinajstić information content (AvgIpc) is 2.35. The molecule has 0 fully saturated rings. The third-order valence-corrected chi connectivity index (χ3v) is 3.19. The number of rotatable bonds is 7. The van der Waals surface area contributed by atoms with Crippen LogP contribution in [0.5, 0.6) is 0 Å². The second kappa shape index (κ2) is 6.78. The molecular weight excluding hydrogens is 266 g/mol. The van der Waals surface area contributed by atoms with Crippen LogP contribution in [-0.2, 0) is 4.74 Å². The van der Waals surface area contributed by atoms with Gasteiger partial charge in [0.25, 0.3) is 0 Å². The molecule has 0 saturated carbocycles. The molecule has 4 nitrogen and oxygen atoms in total. The van der Waals surface area contributed by atoms with Crippen molar-refractivity contribution in [1.29, 1.82) is 0 Å². The van der Waals surface area contributed by atoms with Crippen LogP contribution in [-0.4, -0.2) is 31.3 Å². The predicted molar refractivity (Wildman–Crippen MR) is 77.2 cm³/mol. The Morgan fingerprint density at radius 3 is 2.74 bits per heavy atom. The molecular formula is C14H20ClNO3. The van der Waals surface area contributed by atoms with Crippen LogP contribution in [0.3, 0.4) is 0 Å². The van der Waals surface area contributed by atoms with Crippen molar-refractivity contribution < 1.29 is 14.6 Å². The fourth-order valence-electron chi connectivity index (χ4n) is 1.65. The number of carbonyl (C=O) groups is 1. The maximum absolute atomic E-state index is 11.2. The zero-order valence-electron chi connectivity index (χ0n) is 11.5. The minimum absolute atomic E-state index is 0.0193. The van der Waals surface area contributed by atoms with E-state index in [1.807, 2.05) is 0 Å². The standard InChI is InChI=1S/C14H20ClNO3/c1-14(2,6-7-19-3)9-16-12-5-4-10(15)8-11(12)13(17)18/h4-5,8,16H,6-7,9H2,1-3H3,(H,17,18). The Morgan fingerprint density at radius 1 is 1.47 bits per heavy atom. The normalized spacial score (nSPS) is 11.4. The van der Waals surface area contributed by atoms with Crippen molar-refractivity contribution in [2.75, 3.05) is 25.6 Å². The second-order valence-electron chi connectivity index (χ2n) is 5.26. The highest BCUT2D eigenvalue weighted by Crippen LogP contribution is 2.25. The van der Waals surface area contributed by atoms with Crippen LogP contribution in [0.25, 0.3) is 0 Å². The highest BCUT2D eigenvalue weighted by Gasteiger charge is 2.19.